The van der Waals surface area contributed by atoms with E-state index in [1.807, 2.05) is 6.92 Å². The maximum atomic E-state index is 13.5. The van der Waals surface area contributed by atoms with E-state index in [9.17, 15) is 22.8 Å². The molecule has 2 aromatic rings. The van der Waals surface area contributed by atoms with Crippen molar-refractivity contribution in [1.82, 2.24) is 15.4 Å². The first-order valence-electron chi connectivity index (χ1n) is 13.2. The molecule has 13 nitrogen and oxygen atoms in total. The van der Waals surface area contributed by atoms with Crippen molar-refractivity contribution in [3.8, 4) is 0 Å². The van der Waals surface area contributed by atoms with E-state index in [0.29, 0.717) is 24.9 Å². The van der Waals surface area contributed by atoms with Crippen LogP contribution in [0.15, 0.2) is 64.5 Å². The second kappa shape index (κ2) is 16.3. The summed E-state index contributed by atoms with van der Waals surface area (Å²) >= 11 is 0. The molecule has 0 aromatic heterocycles. The number of rotatable bonds is 17. The number of hydrogen-bond donors (Lipinski definition) is 7. The van der Waals surface area contributed by atoms with Crippen molar-refractivity contribution in [1.29, 1.82) is 0 Å². The number of carbonyl (C=O) groups excluding carboxylic acids is 3. The third kappa shape index (κ3) is 11.2. The summed E-state index contributed by atoms with van der Waals surface area (Å²) in [5.41, 5.74) is 23.2. The Morgan fingerprint density at radius 2 is 1.44 bits per heavy atom. The zero-order valence-corrected chi connectivity index (χ0v) is 23.9. The lowest BCUT2D eigenvalue weighted by atomic mass is 10.0. The molecule has 224 valence electrons. The largest absolute Gasteiger partial charge is 0.370 e. The number of unbranched alkanes of at least 4 members (excludes halogenated alkanes) is 1. The van der Waals surface area contributed by atoms with Crippen LogP contribution in [0, 0.1) is 6.92 Å². The number of aryl methyl sites for hydroxylation is 1. The van der Waals surface area contributed by atoms with Crippen molar-refractivity contribution in [2.45, 2.75) is 62.0 Å². The number of nitrogens with two attached hydrogens (primary N) is 4. The smallest absolute Gasteiger partial charge is 0.244 e. The third-order valence-corrected chi connectivity index (χ3v) is 7.66. The summed E-state index contributed by atoms with van der Waals surface area (Å²) < 4.78 is 28.6. The Morgan fingerprint density at radius 3 is 2.02 bits per heavy atom. The summed E-state index contributed by atoms with van der Waals surface area (Å²) in [5.74, 6) is -2.29. The van der Waals surface area contributed by atoms with Gasteiger partial charge in [-0.25, -0.2) is 8.42 Å². The first kappa shape index (κ1) is 33.2. The highest BCUT2D eigenvalue weighted by Crippen LogP contribution is 2.15. The molecule has 14 heteroatoms. The van der Waals surface area contributed by atoms with Gasteiger partial charge in [0.25, 0.3) is 0 Å². The van der Waals surface area contributed by atoms with Crippen molar-refractivity contribution in [3.63, 3.8) is 0 Å². The molecule has 2 aromatic carbocycles. The molecule has 0 heterocycles. The average Bonchev–Trinajstić information content (AvgIpc) is 2.93. The molecule has 0 unspecified atom stereocenters. The molecule has 11 N–H and O–H groups in total. The highest BCUT2D eigenvalue weighted by molar-refractivity contribution is 7.89. The third-order valence-electron chi connectivity index (χ3n) is 6.17. The molecule has 0 aliphatic carbocycles. The van der Waals surface area contributed by atoms with Gasteiger partial charge in [-0.15, -0.1) is 0 Å². The number of nitrogens with zero attached hydrogens (tertiary/aromatic N) is 1. The van der Waals surface area contributed by atoms with Gasteiger partial charge in [-0.2, -0.15) is 4.72 Å². The first-order chi connectivity index (χ1) is 19.4. The Bertz CT molecular complexity index is 1280. The van der Waals surface area contributed by atoms with Gasteiger partial charge < -0.3 is 33.6 Å². The lowest BCUT2D eigenvalue weighted by molar-refractivity contribution is -0.132. The molecule has 0 saturated heterocycles. The van der Waals surface area contributed by atoms with Gasteiger partial charge in [-0.1, -0.05) is 48.0 Å². The van der Waals surface area contributed by atoms with Crippen LogP contribution in [-0.4, -0.2) is 57.3 Å². The Labute approximate surface area is 240 Å². The van der Waals surface area contributed by atoms with Crippen LogP contribution in [0.25, 0.3) is 0 Å². The van der Waals surface area contributed by atoms with E-state index in [-0.39, 0.29) is 36.7 Å². The summed E-state index contributed by atoms with van der Waals surface area (Å²) in [6.07, 6.45) is 1.58. The molecule has 0 fully saturated rings. The number of benzene rings is 2. The fourth-order valence-electron chi connectivity index (χ4n) is 3.96. The minimum Gasteiger partial charge on any atom is -0.370 e. The number of hydrogen-bond acceptors (Lipinski definition) is 7. The summed E-state index contributed by atoms with van der Waals surface area (Å²) in [6, 6.07) is 11.1. The summed E-state index contributed by atoms with van der Waals surface area (Å²) in [7, 11) is -4.09. The molecule has 0 bridgehead atoms. The van der Waals surface area contributed by atoms with Crippen molar-refractivity contribution < 1.29 is 22.8 Å². The van der Waals surface area contributed by atoms with Crippen molar-refractivity contribution >= 4 is 33.7 Å². The van der Waals surface area contributed by atoms with Crippen molar-refractivity contribution in [3.05, 3.63) is 65.7 Å². The molecule has 3 amide bonds. The second-order valence-corrected chi connectivity index (χ2v) is 11.3. The summed E-state index contributed by atoms with van der Waals surface area (Å²) in [5, 5.41) is 5.25. The Balaban J connectivity index is 2.28. The van der Waals surface area contributed by atoms with Gasteiger partial charge in [0, 0.05) is 6.54 Å². The zero-order valence-electron chi connectivity index (χ0n) is 23.1. The number of guanidine groups is 1. The van der Waals surface area contributed by atoms with Crippen LogP contribution >= 0.6 is 0 Å². The Kier molecular flexibility index (Phi) is 13.2. The summed E-state index contributed by atoms with van der Waals surface area (Å²) in [4.78, 5) is 42.8. The Hall–Kier alpha value is -4.01. The number of sulfonamides is 1. The standard InChI is InChI=1S/C27H40N8O5S/c1-18-12-14-20(15-13-18)41(39,40)35-22(11-7-17-32-27(30)31)26(38)33-21(10-5-6-16-28)25(37)34-23(24(29)36)19-8-3-2-4-9-19/h2-4,8-9,12-15,21-23,35H,5-7,10-11,16-17,28H2,1H3,(H2,29,36)(H,33,38)(H,34,37)(H4,30,31,32)/t21-,22-,23+/m0/s1. The molecule has 0 aliphatic heterocycles. The van der Waals surface area contributed by atoms with Gasteiger partial charge in [0.2, 0.25) is 27.7 Å². The minimum atomic E-state index is -4.09. The van der Waals surface area contributed by atoms with Crippen LogP contribution < -0.4 is 38.3 Å². The normalized spacial score (nSPS) is 13.4. The van der Waals surface area contributed by atoms with E-state index in [4.69, 9.17) is 22.9 Å². The number of amides is 3. The van der Waals surface area contributed by atoms with E-state index in [1.165, 1.54) is 12.1 Å². The van der Waals surface area contributed by atoms with Gasteiger partial charge in [0.1, 0.15) is 18.1 Å². The molecule has 0 aliphatic rings. The lowest BCUT2D eigenvalue weighted by Crippen LogP contribution is -2.54. The molecule has 0 spiro atoms. The monoisotopic (exact) mass is 588 g/mol. The highest BCUT2D eigenvalue weighted by atomic mass is 32.2. The van der Waals surface area contributed by atoms with Gasteiger partial charge in [0.15, 0.2) is 5.96 Å². The molecule has 0 saturated carbocycles. The number of primary amides is 1. The quantitative estimate of drug-likeness (QED) is 0.0730. The van der Waals surface area contributed by atoms with Gasteiger partial charge in [-0.05, 0) is 63.3 Å². The number of aliphatic imine (C=N–C) groups is 1. The van der Waals surface area contributed by atoms with Crippen LogP contribution in [0.3, 0.4) is 0 Å². The van der Waals surface area contributed by atoms with Crippen molar-refractivity contribution in [2.75, 3.05) is 13.1 Å². The van der Waals surface area contributed by atoms with Gasteiger partial charge in [0.05, 0.1) is 4.90 Å². The topological polar surface area (TPSA) is 238 Å². The predicted molar refractivity (Wildman–Crippen MR) is 157 cm³/mol. The highest BCUT2D eigenvalue weighted by Gasteiger charge is 2.31. The molecule has 41 heavy (non-hydrogen) atoms. The fourth-order valence-corrected chi connectivity index (χ4v) is 5.19. The molecule has 2 rings (SSSR count). The number of carbonyl (C=O) groups is 3. The number of nitrogens with one attached hydrogen (secondary N) is 3. The van der Waals surface area contributed by atoms with Crippen LogP contribution in [0.5, 0.6) is 0 Å². The van der Waals surface area contributed by atoms with E-state index in [2.05, 4.69) is 20.3 Å². The van der Waals surface area contributed by atoms with E-state index < -0.39 is 45.9 Å². The van der Waals surface area contributed by atoms with Crippen LogP contribution in [0.4, 0.5) is 0 Å². The average molecular weight is 589 g/mol. The maximum Gasteiger partial charge on any atom is 0.244 e. The fraction of sp³-hybridized carbons (Fsp3) is 0.407. The summed E-state index contributed by atoms with van der Waals surface area (Å²) in [6.45, 7) is 2.36. The predicted octanol–water partition coefficient (Wildman–Crippen LogP) is -0.348. The molecule has 0 radical (unpaired) electrons. The second-order valence-electron chi connectivity index (χ2n) is 9.54. The van der Waals surface area contributed by atoms with Crippen LogP contribution in [0.2, 0.25) is 0 Å². The first-order valence-corrected chi connectivity index (χ1v) is 14.7. The minimum absolute atomic E-state index is 0.0190. The van der Waals surface area contributed by atoms with Gasteiger partial charge >= 0.3 is 0 Å². The van der Waals surface area contributed by atoms with Crippen molar-refractivity contribution in [2.24, 2.45) is 27.9 Å². The Morgan fingerprint density at radius 1 is 0.829 bits per heavy atom. The van der Waals surface area contributed by atoms with Gasteiger partial charge in [-0.3, -0.25) is 19.4 Å². The van der Waals surface area contributed by atoms with Crippen LogP contribution in [0.1, 0.15) is 49.3 Å². The van der Waals surface area contributed by atoms with E-state index >= 15 is 0 Å². The SMILES string of the molecule is Cc1ccc(S(=O)(=O)N[C@@H](CCCN=C(N)N)C(=O)N[C@@H](CCCCN)C(=O)N[C@@H](C(N)=O)c2ccccc2)cc1. The molecular weight excluding hydrogens is 548 g/mol. The lowest BCUT2D eigenvalue weighted by Gasteiger charge is -2.25. The van der Waals surface area contributed by atoms with E-state index in [0.717, 1.165) is 5.56 Å². The maximum absolute atomic E-state index is 13.5. The molecular formula is C27H40N8O5S. The van der Waals surface area contributed by atoms with Crippen LogP contribution in [-0.2, 0) is 24.4 Å². The van der Waals surface area contributed by atoms with E-state index in [1.54, 1.807) is 42.5 Å². The zero-order chi connectivity index (χ0) is 30.4. The molecule has 3 atom stereocenters.